The summed E-state index contributed by atoms with van der Waals surface area (Å²) in [4.78, 5) is 0. The number of nitrogens with one attached hydrogen (secondary N) is 1. The fourth-order valence-electron chi connectivity index (χ4n) is 0.757. The molecule has 0 aliphatic carbocycles. The van der Waals surface area contributed by atoms with E-state index in [1.165, 1.54) is 6.07 Å². The van der Waals surface area contributed by atoms with Crippen LogP contribution in [0, 0.1) is 0 Å². The van der Waals surface area contributed by atoms with Crippen LogP contribution in [-0.4, -0.2) is 12.2 Å². The standard InChI is InChI=1S/C7H7Cl2NO.C2H6/c1-10-6-3-4(8)2-5(9)7(6)11;1-2/h2-3,10-11H,1H3;1-2H3. The van der Waals surface area contributed by atoms with Crippen LogP contribution in [0.15, 0.2) is 12.1 Å². The van der Waals surface area contributed by atoms with Crippen LogP contribution in [-0.2, 0) is 0 Å². The maximum absolute atomic E-state index is 9.27. The first-order chi connectivity index (χ1) is 6.15. The lowest BCUT2D eigenvalue weighted by Crippen LogP contribution is -1.88. The Hall–Kier alpha value is -0.600. The normalized spacial score (nSPS) is 8.69. The summed E-state index contributed by atoms with van der Waals surface area (Å²) in [6.07, 6.45) is 0. The van der Waals surface area contributed by atoms with Gasteiger partial charge in [0.15, 0.2) is 5.75 Å². The van der Waals surface area contributed by atoms with Crippen molar-refractivity contribution in [2.24, 2.45) is 0 Å². The van der Waals surface area contributed by atoms with Gasteiger partial charge in [-0.15, -0.1) is 0 Å². The lowest BCUT2D eigenvalue weighted by molar-refractivity contribution is 0.478. The molecule has 0 atom stereocenters. The second-order valence-corrected chi connectivity index (χ2v) is 2.88. The molecule has 0 heterocycles. The Labute approximate surface area is 88.5 Å². The summed E-state index contributed by atoms with van der Waals surface area (Å²) in [6, 6.07) is 3.09. The van der Waals surface area contributed by atoms with E-state index in [2.05, 4.69) is 5.32 Å². The Kier molecular flexibility index (Phi) is 5.67. The van der Waals surface area contributed by atoms with Crippen molar-refractivity contribution in [1.29, 1.82) is 0 Å². The number of hydrogen-bond acceptors (Lipinski definition) is 2. The van der Waals surface area contributed by atoms with Crippen LogP contribution < -0.4 is 5.32 Å². The minimum atomic E-state index is 0.0265. The zero-order valence-electron chi connectivity index (χ0n) is 7.86. The van der Waals surface area contributed by atoms with Crippen molar-refractivity contribution in [3.05, 3.63) is 22.2 Å². The van der Waals surface area contributed by atoms with Crippen molar-refractivity contribution in [3.63, 3.8) is 0 Å². The van der Waals surface area contributed by atoms with E-state index in [-0.39, 0.29) is 10.8 Å². The van der Waals surface area contributed by atoms with Crippen molar-refractivity contribution in [1.82, 2.24) is 0 Å². The number of benzene rings is 1. The molecule has 2 nitrogen and oxygen atoms in total. The molecule has 2 N–H and O–H groups in total. The number of anilines is 1. The number of hydrogen-bond donors (Lipinski definition) is 2. The maximum Gasteiger partial charge on any atom is 0.157 e. The highest BCUT2D eigenvalue weighted by Gasteiger charge is 2.04. The highest BCUT2D eigenvalue weighted by molar-refractivity contribution is 6.36. The van der Waals surface area contributed by atoms with E-state index < -0.39 is 0 Å². The Morgan fingerprint density at radius 1 is 1.23 bits per heavy atom. The summed E-state index contributed by atoms with van der Waals surface area (Å²) in [5.74, 6) is 0.0265. The van der Waals surface area contributed by atoms with Gasteiger partial charge in [0.2, 0.25) is 0 Å². The van der Waals surface area contributed by atoms with E-state index in [0.717, 1.165) is 0 Å². The topological polar surface area (TPSA) is 32.3 Å². The molecule has 0 amide bonds. The highest BCUT2D eigenvalue weighted by atomic mass is 35.5. The predicted octanol–water partition coefficient (Wildman–Crippen LogP) is 3.77. The van der Waals surface area contributed by atoms with E-state index in [1.807, 2.05) is 13.8 Å². The summed E-state index contributed by atoms with van der Waals surface area (Å²) in [5.41, 5.74) is 0.530. The minimum absolute atomic E-state index is 0.0265. The van der Waals surface area contributed by atoms with Gasteiger partial charge in [-0.25, -0.2) is 0 Å². The first-order valence-corrected chi connectivity index (χ1v) is 4.76. The largest absolute Gasteiger partial charge is 0.504 e. The van der Waals surface area contributed by atoms with Gasteiger partial charge < -0.3 is 10.4 Å². The van der Waals surface area contributed by atoms with Crippen molar-refractivity contribution in [2.45, 2.75) is 13.8 Å². The molecule has 1 aromatic rings. The number of rotatable bonds is 1. The molecule has 0 bridgehead atoms. The summed E-state index contributed by atoms with van der Waals surface area (Å²) in [6.45, 7) is 4.00. The van der Waals surface area contributed by atoms with Gasteiger partial charge in [0.25, 0.3) is 0 Å². The van der Waals surface area contributed by atoms with Crippen molar-refractivity contribution < 1.29 is 5.11 Å². The first kappa shape index (κ1) is 12.4. The molecular formula is C9H13Cl2NO. The number of halogens is 2. The first-order valence-electron chi connectivity index (χ1n) is 4.01. The van der Waals surface area contributed by atoms with Gasteiger partial charge >= 0.3 is 0 Å². The van der Waals surface area contributed by atoms with E-state index in [0.29, 0.717) is 10.7 Å². The van der Waals surface area contributed by atoms with Gasteiger partial charge in [-0.05, 0) is 12.1 Å². The molecule has 0 aliphatic rings. The van der Waals surface area contributed by atoms with Crippen molar-refractivity contribution in [2.75, 3.05) is 12.4 Å². The molecule has 1 rings (SSSR count). The van der Waals surface area contributed by atoms with Crippen LogP contribution in [0.5, 0.6) is 5.75 Å². The van der Waals surface area contributed by atoms with Crippen LogP contribution in [0.2, 0.25) is 10.0 Å². The minimum Gasteiger partial charge on any atom is -0.504 e. The second kappa shape index (κ2) is 5.95. The van der Waals surface area contributed by atoms with Crippen molar-refractivity contribution in [3.8, 4) is 5.75 Å². The Balaban J connectivity index is 0.000000671. The van der Waals surface area contributed by atoms with E-state index >= 15 is 0 Å². The number of phenols is 1. The molecule has 0 fully saturated rings. The van der Waals surface area contributed by atoms with Crippen molar-refractivity contribution >= 4 is 28.9 Å². The monoisotopic (exact) mass is 221 g/mol. The summed E-state index contributed by atoms with van der Waals surface area (Å²) >= 11 is 11.3. The van der Waals surface area contributed by atoms with Crippen LogP contribution in [0.4, 0.5) is 5.69 Å². The molecular weight excluding hydrogens is 209 g/mol. The summed E-state index contributed by atoms with van der Waals surface area (Å²) in [7, 11) is 1.68. The van der Waals surface area contributed by atoms with Crippen LogP contribution in [0.25, 0.3) is 0 Å². The van der Waals surface area contributed by atoms with Gasteiger partial charge in [0, 0.05) is 12.1 Å². The third kappa shape index (κ3) is 3.33. The second-order valence-electron chi connectivity index (χ2n) is 2.03. The van der Waals surface area contributed by atoms with E-state index in [1.54, 1.807) is 13.1 Å². The van der Waals surface area contributed by atoms with Gasteiger partial charge in [0.1, 0.15) is 0 Å². The fraction of sp³-hybridized carbons (Fsp3) is 0.333. The zero-order chi connectivity index (χ0) is 10.4. The lowest BCUT2D eigenvalue weighted by Gasteiger charge is -2.04. The third-order valence-corrected chi connectivity index (χ3v) is 1.80. The van der Waals surface area contributed by atoms with Crippen LogP contribution in [0.3, 0.4) is 0 Å². The molecule has 0 unspecified atom stereocenters. The molecule has 0 saturated heterocycles. The molecule has 0 aromatic heterocycles. The van der Waals surface area contributed by atoms with Gasteiger partial charge in [-0.3, -0.25) is 0 Å². The molecule has 13 heavy (non-hydrogen) atoms. The maximum atomic E-state index is 9.27. The molecule has 0 saturated carbocycles. The van der Waals surface area contributed by atoms with E-state index in [9.17, 15) is 5.11 Å². The predicted molar refractivity (Wildman–Crippen MR) is 59.0 cm³/mol. The summed E-state index contributed by atoms with van der Waals surface area (Å²) in [5, 5.41) is 12.8. The Bertz CT molecular complexity index is 277. The third-order valence-electron chi connectivity index (χ3n) is 1.30. The Morgan fingerprint density at radius 2 is 1.77 bits per heavy atom. The lowest BCUT2D eigenvalue weighted by atomic mass is 10.3. The van der Waals surface area contributed by atoms with Gasteiger partial charge in [-0.2, -0.15) is 0 Å². The zero-order valence-corrected chi connectivity index (χ0v) is 9.37. The van der Waals surface area contributed by atoms with Crippen LogP contribution in [0.1, 0.15) is 13.8 Å². The molecule has 0 radical (unpaired) electrons. The molecule has 4 heteroatoms. The molecule has 0 spiro atoms. The molecule has 74 valence electrons. The number of aromatic hydroxyl groups is 1. The van der Waals surface area contributed by atoms with Gasteiger partial charge in [-0.1, -0.05) is 37.0 Å². The summed E-state index contributed by atoms with van der Waals surface area (Å²) < 4.78 is 0. The van der Waals surface area contributed by atoms with Gasteiger partial charge in [0.05, 0.1) is 10.7 Å². The average Bonchev–Trinajstić information content (AvgIpc) is 2.14. The quantitative estimate of drug-likeness (QED) is 0.709. The number of phenolic OH excluding ortho intramolecular Hbond substituents is 1. The fourth-order valence-corrected chi connectivity index (χ4v) is 1.25. The Morgan fingerprint density at radius 3 is 2.23 bits per heavy atom. The molecule has 1 aromatic carbocycles. The van der Waals surface area contributed by atoms with Crippen LogP contribution >= 0.6 is 23.2 Å². The smallest absolute Gasteiger partial charge is 0.157 e. The average molecular weight is 222 g/mol. The van der Waals surface area contributed by atoms with E-state index in [4.69, 9.17) is 23.2 Å². The SMILES string of the molecule is CC.CNc1cc(Cl)cc(Cl)c1O. The highest BCUT2D eigenvalue weighted by Crippen LogP contribution is 2.34. The molecule has 0 aliphatic heterocycles.